The fourth-order valence-electron chi connectivity index (χ4n) is 3.50. The highest BCUT2D eigenvalue weighted by molar-refractivity contribution is 5.84. The van der Waals surface area contributed by atoms with Crippen molar-refractivity contribution < 1.29 is 9.59 Å². The molecule has 0 aliphatic heterocycles. The van der Waals surface area contributed by atoms with Crippen molar-refractivity contribution >= 4 is 24.2 Å². The van der Waals surface area contributed by atoms with Crippen molar-refractivity contribution in [2.24, 2.45) is 0 Å². The van der Waals surface area contributed by atoms with Gasteiger partial charge in [-0.05, 0) is 48.7 Å². The Morgan fingerprint density at radius 2 is 1.24 bits per heavy atom. The first kappa shape index (κ1) is 22.7. The maximum absolute atomic E-state index is 11.1. The zero-order valence-electron chi connectivity index (χ0n) is 18.7. The van der Waals surface area contributed by atoms with Gasteiger partial charge in [0.15, 0.2) is 18.4 Å². The Morgan fingerprint density at radius 1 is 0.706 bits per heavy atom. The van der Waals surface area contributed by atoms with Crippen LogP contribution >= 0.6 is 0 Å². The number of aldehydes is 2. The van der Waals surface area contributed by atoms with E-state index < -0.39 is 0 Å². The van der Waals surface area contributed by atoms with Crippen LogP contribution in [0.1, 0.15) is 46.0 Å². The van der Waals surface area contributed by atoms with E-state index >= 15 is 0 Å². The number of nitrogen functional groups attached to an aromatic ring is 2. The molecule has 0 aliphatic rings. The van der Waals surface area contributed by atoms with E-state index in [2.05, 4.69) is 29.0 Å². The third kappa shape index (κ3) is 4.80. The molecule has 0 saturated heterocycles. The minimum atomic E-state index is 0.118. The van der Waals surface area contributed by atoms with E-state index in [0.717, 1.165) is 24.8 Å². The van der Waals surface area contributed by atoms with Crippen LogP contribution in [0.15, 0.2) is 54.6 Å². The SMILES string of the molecule is CCCCc1ccc(-c2nc(-c3ccc(C=O)c(N)n3)cc(-c3ccc(C=O)c(N)n3)n2)cc1. The average molecular weight is 453 g/mol. The molecule has 8 heteroatoms. The molecule has 0 saturated carbocycles. The highest BCUT2D eigenvalue weighted by atomic mass is 16.1. The number of benzene rings is 1. The second-order valence-corrected chi connectivity index (χ2v) is 7.84. The Morgan fingerprint density at radius 3 is 1.68 bits per heavy atom. The van der Waals surface area contributed by atoms with Gasteiger partial charge in [-0.3, -0.25) is 9.59 Å². The van der Waals surface area contributed by atoms with Crippen LogP contribution in [0.3, 0.4) is 0 Å². The van der Waals surface area contributed by atoms with Crippen molar-refractivity contribution in [1.29, 1.82) is 0 Å². The molecule has 8 nitrogen and oxygen atoms in total. The van der Waals surface area contributed by atoms with Gasteiger partial charge < -0.3 is 11.5 Å². The minimum Gasteiger partial charge on any atom is -0.383 e. The van der Waals surface area contributed by atoms with E-state index in [0.29, 0.717) is 52.3 Å². The fourth-order valence-corrected chi connectivity index (χ4v) is 3.50. The molecule has 0 bridgehead atoms. The number of rotatable bonds is 8. The lowest BCUT2D eigenvalue weighted by Crippen LogP contribution is -2.02. The summed E-state index contributed by atoms with van der Waals surface area (Å²) in [5, 5.41) is 0. The summed E-state index contributed by atoms with van der Waals surface area (Å²) in [6.45, 7) is 2.17. The summed E-state index contributed by atoms with van der Waals surface area (Å²) in [7, 11) is 0. The largest absolute Gasteiger partial charge is 0.383 e. The molecule has 4 N–H and O–H groups in total. The topological polar surface area (TPSA) is 138 Å². The van der Waals surface area contributed by atoms with Crippen LogP contribution in [0.25, 0.3) is 34.2 Å². The first-order valence-corrected chi connectivity index (χ1v) is 10.9. The molecule has 170 valence electrons. The lowest BCUT2D eigenvalue weighted by molar-refractivity contribution is 0.111. The van der Waals surface area contributed by atoms with Crippen LogP contribution in [0.5, 0.6) is 0 Å². The fraction of sp³-hybridized carbons (Fsp3) is 0.154. The summed E-state index contributed by atoms with van der Waals surface area (Å²) >= 11 is 0. The van der Waals surface area contributed by atoms with Gasteiger partial charge in [0.2, 0.25) is 0 Å². The van der Waals surface area contributed by atoms with Crippen LogP contribution in [-0.2, 0) is 6.42 Å². The third-order valence-corrected chi connectivity index (χ3v) is 5.45. The van der Waals surface area contributed by atoms with Crippen molar-refractivity contribution in [3.05, 3.63) is 71.3 Å². The van der Waals surface area contributed by atoms with E-state index in [4.69, 9.17) is 21.4 Å². The number of carbonyl (C=O) groups excluding carboxylic acids is 2. The van der Waals surface area contributed by atoms with Gasteiger partial charge in [0, 0.05) is 5.56 Å². The van der Waals surface area contributed by atoms with Crippen molar-refractivity contribution in [2.45, 2.75) is 26.2 Å². The predicted octanol–water partition coefficient (Wildman–Crippen LogP) is 4.40. The van der Waals surface area contributed by atoms with Gasteiger partial charge in [-0.1, -0.05) is 37.6 Å². The molecule has 3 heterocycles. The summed E-state index contributed by atoms with van der Waals surface area (Å²) in [6, 6.07) is 16.4. The summed E-state index contributed by atoms with van der Waals surface area (Å²) in [5.41, 5.74) is 16.6. The van der Waals surface area contributed by atoms with E-state index in [9.17, 15) is 9.59 Å². The van der Waals surface area contributed by atoms with Crippen molar-refractivity contribution in [1.82, 2.24) is 19.9 Å². The molecule has 0 radical (unpaired) electrons. The summed E-state index contributed by atoms with van der Waals surface area (Å²) in [4.78, 5) is 40.4. The van der Waals surface area contributed by atoms with E-state index in [1.807, 2.05) is 12.1 Å². The summed E-state index contributed by atoms with van der Waals surface area (Å²) < 4.78 is 0. The van der Waals surface area contributed by atoms with E-state index in [1.54, 1.807) is 30.3 Å². The van der Waals surface area contributed by atoms with Crippen LogP contribution < -0.4 is 11.5 Å². The van der Waals surface area contributed by atoms with Gasteiger partial charge in [-0.25, -0.2) is 19.9 Å². The third-order valence-electron chi connectivity index (χ3n) is 5.45. The second kappa shape index (κ2) is 9.99. The van der Waals surface area contributed by atoms with Crippen LogP contribution in [0, 0.1) is 0 Å². The lowest BCUT2D eigenvalue weighted by Gasteiger charge is -2.10. The minimum absolute atomic E-state index is 0.118. The Kier molecular flexibility index (Phi) is 6.68. The Balaban J connectivity index is 1.84. The Hall–Kier alpha value is -4.46. The van der Waals surface area contributed by atoms with Gasteiger partial charge in [0.1, 0.15) is 11.6 Å². The van der Waals surface area contributed by atoms with Crippen molar-refractivity contribution in [3.8, 4) is 34.2 Å². The van der Waals surface area contributed by atoms with Gasteiger partial charge in [0.05, 0.1) is 33.9 Å². The quantitative estimate of drug-likeness (QED) is 0.375. The number of aromatic nitrogens is 4. The molecule has 0 unspecified atom stereocenters. The van der Waals surface area contributed by atoms with Crippen LogP contribution in [0.4, 0.5) is 11.6 Å². The normalized spacial score (nSPS) is 10.7. The second-order valence-electron chi connectivity index (χ2n) is 7.84. The molecule has 4 aromatic rings. The Labute approximate surface area is 197 Å². The zero-order chi connectivity index (χ0) is 24.1. The number of aryl methyl sites for hydroxylation is 1. The highest BCUT2D eigenvalue weighted by Crippen LogP contribution is 2.28. The number of anilines is 2. The standard InChI is InChI=1S/C26H24N6O2/c1-2-3-4-16-5-7-17(8-6-16)26-31-22(20-11-9-18(14-33)24(27)29-20)13-23(32-26)21-12-10-19(15-34)25(28)30-21/h5-15H,2-4H2,1H3,(H2,27,29)(H2,28,30). The average Bonchev–Trinajstić information content (AvgIpc) is 2.87. The molecule has 1 aromatic carbocycles. The smallest absolute Gasteiger partial charge is 0.160 e. The van der Waals surface area contributed by atoms with Crippen LogP contribution in [-0.4, -0.2) is 32.5 Å². The first-order chi connectivity index (χ1) is 16.5. The summed E-state index contributed by atoms with van der Waals surface area (Å²) in [6.07, 6.45) is 4.59. The van der Waals surface area contributed by atoms with Gasteiger partial charge in [-0.15, -0.1) is 0 Å². The molecule has 0 amide bonds. The molecular weight excluding hydrogens is 428 g/mol. The van der Waals surface area contributed by atoms with Crippen molar-refractivity contribution in [3.63, 3.8) is 0 Å². The van der Waals surface area contributed by atoms with Gasteiger partial charge in [-0.2, -0.15) is 0 Å². The molecule has 4 rings (SSSR count). The van der Waals surface area contributed by atoms with Crippen LogP contribution in [0.2, 0.25) is 0 Å². The number of nitrogens with two attached hydrogens (primary N) is 2. The molecular formula is C26H24N6O2. The molecule has 0 aliphatic carbocycles. The van der Waals surface area contributed by atoms with Gasteiger partial charge >= 0.3 is 0 Å². The zero-order valence-corrected chi connectivity index (χ0v) is 18.7. The molecule has 0 atom stereocenters. The molecule has 3 aromatic heterocycles. The maximum atomic E-state index is 11.1. The number of carbonyl (C=O) groups is 2. The predicted molar refractivity (Wildman–Crippen MR) is 132 cm³/mol. The van der Waals surface area contributed by atoms with E-state index in [1.165, 1.54) is 5.56 Å². The number of hydrogen-bond donors (Lipinski definition) is 2. The first-order valence-electron chi connectivity index (χ1n) is 10.9. The van der Waals surface area contributed by atoms with Gasteiger partial charge in [0.25, 0.3) is 0 Å². The number of unbranched alkanes of at least 4 members (excludes halogenated alkanes) is 1. The Bertz CT molecular complexity index is 1280. The molecule has 0 spiro atoms. The van der Waals surface area contributed by atoms with E-state index in [-0.39, 0.29) is 11.6 Å². The number of pyridine rings is 2. The van der Waals surface area contributed by atoms with Crippen molar-refractivity contribution in [2.75, 3.05) is 11.5 Å². The highest BCUT2D eigenvalue weighted by Gasteiger charge is 2.14. The number of hydrogen-bond acceptors (Lipinski definition) is 8. The number of nitrogens with zero attached hydrogens (tertiary/aromatic N) is 4. The molecule has 34 heavy (non-hydrogen) atoms. The maximum Gasteiger partial charge on any atom is 0.160 e. The monoisotopic (exact) mass is 452 g/mol. The lowest BCUT2D eigenvalue weighted by atomic mass is 10.1. The summed E-state index contributed by atoms with van der Waals surface area (Å²) in [5.74, 6) is 0.716. The molecule has 0 fully saturated rings.